The molecule has 2 heterocycles. The molecule has 0 aromatic heterocycles. The van der Waals surface area contributed by atoms with Gasteiger partial charge >= 0.3 is 0 Å². The Kier molecular flexibility index (Phi) is 4.56. The Morgan fingerprint density at radius 2 is 2.04 bits per heavy atom. The van der Waals surface area contributed by atoms with Crippen LogP contribution in [0.2, 0.25) is 0 Å². The second-order valence-electron chi connectivity index (χ2n) is 7.43. The number of amides is 1. The van der Waals surface area contributed by atoms with Crippen molar-refractivity contribution < 1.29 is 9.90 Å². The molecule has 24 heavy (non-hydrogen) atoms. The van der Waals surface area contributed by atoms with Gasteiger partial charge in [-0.05, 0) is 43.0 Å². The Bertz CT molecular complexity index is 630. The van der Waals surface area contributed by atoms with Crippen molar-refractivity contribution in [1.82, 2.24) is 4.90 Å². The van der Waals surface area contributed by atoms with Crippen LogP contribution in [0, 0.1) is 11.8 Å². The van der Waals surface area contributed by atoms with Gasteiger partial charge in [-0.1, -0.05) is 35.2 Å². The maximum atomic E-state index is 13.2. The molecule has 1 aromatic rings. The average molecular weight is 393 g/mol. The topological polar surface area (TPSA) is 52.6 Å². The van der Waals surface area contributed by atoms with E-state index in [1.807, 2.05) is 6.07 Å². The highest BCUT2D eigenvalue weighted by Gasteiger charge is 2.46. The van der Waals surface area contributed by atoms with Crippen LogP contribution in [0.3, 0.4) is 0 Å². The molecule has 0 radical (unpaired) electrons. The van der Waals surface area contributed by atoms with E-state index in [0.29, 0.717) is 11.8 Å². The first-order valence-electron chi connectivity index (χ1n) is 9.16. The molecule has 3 atom stereocenters. The number of carbonyl (C=O) groups is 1. The maximum Gasteiger partial charge on any atom is 0.226 e. The summed E-state index contributed by atoms with van der Waals surface area (Å²) in [6.07, 6.45) is 6.68. The summed E-state index contributed by atoms with van der Waals surface area (Å²) in [5, 5.41) is 13.3. The molecule has 130 valence electrons. The normalized spacial score (nSPS) is 29.8. The predicted octanol–water partition coefficient (Wildman–Crippen LogP) is 3.71. The number of fused-ring (bicyclic) bond motifs is 3. The monoisotopic (exact) mass is 392 g/mol. The van der Waals surface area contributed by atoms with Gasteiger partial charge in [0.25, 0.3) is 0 Å². The molecular weight excluding hydrogens is 368 g/mol. The van der Waals surface area contributed by atoms with Crippen LogP contribution >= 0.6 is 15.9 Å². The summed E-state index contributed by atoms with van der Waals surface area (Å²) in [4.78, 5) is 15.3. The highest BCUT2D eigenvalue weighted by atomic mass is 79.9. The van der Waals surface area contributed by atoms with Crippen molar-refractivity contribution in [1.29, 1.82) is 0 Å². The van der Waals surface area contributed by atoms with Crippen LogP contribution in [0.1, 0.15) is 50.1 Å². The molecule has 1 aliphatic carbocycles. The van der Waals surface area contributed by atoms with Crippen molar-refractivity contribution in [2.45, 2.75) is 50.6 Å². The Balaban J connectivity index is 1.67. The minimum atomic E-state index is 0.0350. The predicted molar refractivity (Wildman–Crippen MR) is 97.8 cm³/mol. The first-order valence-corrected chi connectivity index (χ1v) is 9.95. The van der Waals surface area contributed by atoms with E-state index in [1.165, 1.54) is 24.8 Å². The number of hydrogen-bond donors (Lipinski definition) is 2. The average Bonchev–Trinajstić information content (AvgIpc) is 3.06. The summed E-state index contributed by atoms with van der Waals surface area (Å²) >= 11 is 3.57. The van der Waals surface area contributed by atoms with Gasteiger partial charge in [0.15, 0.2) is 0 Å². The third-order valence-corrected chi connectivity index (χ3v) is 6.56. The molecule has 0 spiro atoms. The van der Waals surface area contributed by atoms with Gasteiger partial charge in [0.2, 0.25) is 5.91 Å². The van der Waals surface area contributed by atoms with Gasteiger partial charge in [-0.25, -0.2) is 0 Å². The van der Waals surface area contributed by atoms with Crippen LogP contribution in [-0.4, -0.2) is 35.1 Å². The molecule has 2 aliphatic heterocycles. The van der Waals surface area contributed by atoms with Crippen molar-refractivity contribution in [2.24, 2.45) is 11.8 Å². The lowest BCUT2D eigenvalue weighted by Crippen LogP contribution is -2.44. The van der Waals surface area contributed by atoms with Crippen LogP contribution in [0.5, 0.6) is 0 Å². The molecule has 1 aromatic carbocycles. The fourth-order valence-electron chi connectivity index (χ4n) is 4.86. The molecule has 1 saturated carbocycles. The minimum Gasteiger partial charge on any atom is -0.394 e. The third kappa shape index (κ3) is 2.76. The molecule has 5 heteroatoms. The van der Waals surface area contributed by atoms with E-state index in [1.54, 1.807) is 0 Å². The Labute approximate surface area is 151 Å². The zero-order chi connectivity index (χ0) is 16.7. The number of aliphatic hydroxyl groups is 1. The van der Waals surface area contributed by atoms with Crippen LogP contribution < -0.4 is 5.32 Å². The van der Waals surface area contributed by atoms with E-state index in [0.717, 1.165) is 36.0 Å². The van der Waals surface area contributed by atoms with Crippen molar-refractivity contribution in [3.8, 4) is 0 Å². The molecule has 0 bridgehead atoms. The quantitative estimate of drug-likeness (QED) is 0.806. The number of benzene rings is 1. The van der Waals surface area contributed by atoms with Gasteiger partial charge < -0.3 is 15.3 Å². The summed E-state index contributed by atoms with van der Waals surface area (Å²) < 4.78 is 1.04. The zero-order valence-corrected chi connectivity index (χ0v) is 15.5. The lowest BCUT2D eigenvalue weighted by Gasteiger charge is -2.40. The number of nitrogens with one attached hydrogen (secondary N) is 1. The highest BCUT2D eigenvalue weighted by molar-refractivity contribution is 9.10. The van der Waals surface area contributed by atoms with Crippen molar-refractivity contribution in [3.05, 3.63) is 28.2 Å². The van der Waals surface area contributed by atoms with Crippen LogP contribution in [0.4, 0.5) is 5.69 Å². The molecular formula is C19H25BrN2O2. The van der Waals surface area contributed by atoms with Crippen LogP contribution in [0.15, 0.2) is 22.7 Å². The fourth-order valence-corrected chi connectivity index (χ4v) is 5.24. The van der Waals surface area contributed by atoms with E-state index >= 15 is 0 Å². The second kappa shape index (κ2) is 6.68. The Morgan fingerprint density at radius 1 is 1.25 bits per heavy atom. The number of hydrogen-bond acceptors (Lipinski definition) is 3. The maximum absolute atomic E-state index is 13.2. The zero-order valence-electron chi connectivity index (χ0n) is 13.9. The SMILES string of the molecule is O=C(C1CCCCC1)N1CC[C@H]2[C@H](CO)Nc3ccc(Br)cc3[C@H]21. The third-order valence-electron chi connectivity index (χ3n) is 6.07. The first kappa shape index (κ1) is 16.4. The number of rotatable bonds is 2. The van der Waals surface area contributed by atoms with E-state index in [4.69, 9.17) is 0 Å². The Hall–Kier alpha value is -1.07. The summed E-state index contributed by atoms with van der Waals surface area (Å²) in [5.41, 5.74) is 2.25. The number of halogens is 1. The van der Waals surface area contributed by atoms with E-state index < -0.39 is 0 Å². The molecule has 3 aliphatic rings. The number of carbonyl (C=O) groups excluding carboxylic acids is 1. The first-order chi connectivity index (χ1) is 11.7. The van der Waals surface area contributed by atoms with Gasteiger partial charge in [-0.15, -0.1) is 0 Å². The molecule has 1 amide bonds. The Morgan fingerprint density at radius 3 is 2.79 bits per heavy atom. The van der Waals surface area contributed by atoms with E-state index in [9.17, 15) is 9.90 Å². The minimum absolute atomic E-state index is 0.0350. The van der Waals surface area contributed by atoms with E-state index in [-0.39, 0.29) is 24.6 Å². The van der Waals surface area contributed by atoms with Gasteiger partial charge in [-0.2, -0.15) is 0 Å². The highest BCUT2D eigenvalue weighted by Crippen LogP contribution is 2.48. The summed E-state index contributed by atoms with van der Waals surface area (Å²) in [6, 6.07) is 6.35. The standard InChI is InChI=1S/C19H25BrN2O2/c20-13-6-7-16-15(10-13)18-14(17(11-23)21-16)8-9-22(18)19(24)12-4-2-1-3-5-12/h6-7,10,12,14,17-18,21,23H,1-5,8-9,11H2/t14-,17-,18-/m0/s1. The van der Waals surface area contributed by atoms with Gasteiger partial charge in [-0.3, -0.25) is 4.79 Å². The molecule has 0 unspecified atom stereocenters. The number of anilines is 1. The molecule has 1 saturated heterocycles. The number of likely N-dealkylation sites (tertiary alicyclic amines) is 1. The smallest absolute Gasteiger partial charge is 0.226 e. The molecule has 4 nitrogen and oxygen atoms in total. The summed E-state index contributed by atoms with van der Waals surface area (Å²) in [6.45, 7) is 0.928. The summed E-state index contributed by atoms with van der Waals surface area (Å²) in [5.74, 6) is 0.839. The van der Waals surface area contributed by atoms with Crippen LogP contribution in [-0.2, 0) is 4.79 Å². The molecule has 4 rings (SSSR count). The lowest BCUT2D eigenvalue weighted by atomic mass is 9.82. The molecule has 2 fully saturated rings. The van der Waals surface area contributed by atoms with Crippen molar-refractivity contribution >= 4 is 27.5 Å². The van der Waals surface area contributed by atoms with Crippen molar-refractivity contribution in [3.63, 3.8) is 0 Å². The van der Waals surface area contributed by atoms with Gasteiger partial charge in [0, 0.05) is 28.5 Å². The number of nitrogens with zero attached hydrogens (tertiary/aromatic N) is 1. The van der Waals surface area contributed by atoms with Gasteiger partial charge in [0.05, 0.1) is 18.7 Å². The van der Waals surface area contributed by atoms with Crippen molar-refractivity contribution in [2.75, 3.05) is 18.5 Å². The molecule has 2 N–H and O–H groups in total. The lowest BCUT2D eigenvalue weighted by molar-refractivity contribution is -0.138. The second-order valence-corrected chi connectivity index (χ2v) is 8.34. The number of aliphatic hydroxyl groups excluding tert-OH is 1. The largest absolute Gasteiger partial charge is 0.394 e. The van der Waals surface area contributed by atoms with E-state index in [2.05, 4.69) is 38.3 Å². The summed E-state index contributed by atoms with van der Waals surface area (Å²) in [7, 11) is 0. The van der Waals surface area contributed by atoms with Gasteiger partial charge in [0.1, 0.15) is 0 Å². The van der Waals surface area contributed by atoms with Crippen LogP contribution in [0.25, 0.3) is 0 Å². The fraction of sp³-hybridized carbons (Fsp3) is 0.632.